The number of fused-ring (bicyclic) bond motifs is 3. The van der Waals surface area contributed by atoms with Crippen LogP contribution in [0.4, 0.5) is 0 Å². The van der Waals surface area contributed by atoms with Crippen molar-refractivity contribution in [2.24, 2.45) is 10.9 Å². The summed E-state index contributed by atoms with van der Waals surface area (Å²) in [5, 5.41) is 2.37. The van der Waals surface area contributed by atoms with Gasteiger partial charge in [-0.25, -0.2) is 0 Å². The second-order valence-corrected chi connectivity index (χ2v) is 17.2. The van der Waals surface area contributed by atoms with E-state index in [9.17, 15) is 0 Å². The molecule has 0 spiro atoms. The van der Waals surface area contributed by atoms with E-state index in [1.165, 1.54) is 70.9 Å². The van der Waals surface area contributed by atoms with Crippen molar-refractivity contribution in [1.29, 1.82) is 0 Å². The summed E-state index contributed by atoms with van der Waals surface area (Å²) in [7, 11) is 0. The van der Waals surface area contributed by atoms with Gasteiger partial charge in [0, 0.05) is 11.7 Å². The number of hydrogen-bond donors (Lipinski definition) is 0. The third kappa shape index (κ3) is 7.24. The van der Waals surface area contributed by atoms with Gasteiger partial charge in [0.25, 0.3) is 0 Å². The van der Waals surface area contributed by atoms with Crippen molar-refractivity contribution in [1.82, 2.24) is 9.55 Å². The standard InChI is InChI=1S/C49H53N3O.Pt/c1-30(2)39-15-12-16-40(31(3)4)47(39)35-24-36(48-51-44(29-53-48)33-13-10-9-11-14-33)26-38(25-35)52-45-20-17-32(5)23-42(45)41-19-18-34(27-46(41)52)43-28-37(21-22-50-43)49(6,7)8;/h12,15-25,28,30-31,33,44H,9-11,13-14,29H2,1-8H3;/q-2;+2/t44-;/m0./s1. The minimum atomic E-state index is 0. The van der Waals surface area contributed by atoms with E-state index in [1.807, 2.05) is 6.20 Å². The Labute approximate surface area is 336 Å². The maximum absolute atomic E-state index is 6.52. The van der Waals surface area contributed by atoms with Crippen LogP contribution in [0.5, 0.6) is 0 Å². The molecule has 0 N–H and O–H groups in total. The number of benzene rings is 4. The zero-order chi connectivity index (χ0) is 37.0. The molecule has 1 aliphatic carbocycles. The van der Waals surface area contributed by atoms with Gasteiger partial charge in [-0.3, -0.25) is 4.99 Å². The van der Waals surface area contributed by atoms with Gasteiger partial charge in [-0.05, 0) is 99.6 Å². The first-order chi connectivity index (χ1) is 25.5. The van der Waals surface area contributed by atoms with E-state index in [0.29, 0.717) is 24.4 Å². The fraction of sp³-hybridized carbons (Fsp3) is 0.388. The molecule has 1 atom stereocenters. The zero-order valence-corrected chi connectivity index (χ0v) is 35.4. The van der Waals surface area contributed by atoms with Crippen LogP contribution in [0.1, 0.15) is 120 Å². The van der Waals surface area contributed by atoms with Crippen LogP contribution in [0.25, 0.3) is 49.9 Å². The van der Waals surface area contributed by atoms with Crippen LogP contribution in [0.2, 0.25) is 0 Å². The predicted octanol–water partition coefficient (Wildman–Crippen LogP) is 12.7. The van der Waals surface area contributed by atoms with Crippen LogP contribution in [-0.4, -0.2) is 28.1 Å². The largest absolute Gasteiger partial charge is 2.00 e. The number of nitrogens with zero attached hydrogens (tertiary/aromatic N) is 3. The molecule has 0 bridgehead atoms. The molecule has 280 valence electrons. The second-order valence-electron chi connectivity index (χ2n) is 17.2. The molecule has 8 rings (SSSR count). The van der Waals surface area contributed by atoms with Crippen LogP contribution in [0.3, 0.4) is 0 Å². The number of aliphatic imine (C=N–C) groups is 1. The van der Waals surface area contributed by atoms with Crippen LogP contribution in [-0.2, 0) is 31.2 Å². The van der Waals surface area contributed by atoms with Gasteiger partial charge >= 0.3 is 21.1 Å². The summed E-state index contributed by atoms with van der Waals surface area (Å²) >= 11 is 0. The molecule has 0 radical (unpaired) electrons. The van der Waals surface area contributed by atoms with E-state index in [0.717, 1.165) is 44.8 Å². The molecule has 2 aliphatic rings. The predicted molar refractivity (Wildman–Crippen MR) is 222 cm³/mol. The van der Waals surface area contributed by atoms with Gasteiger partial charge in [0.2, 0.25) is 0 Å². The monoisotopic (exact) mass is 894 g/mol. The zero-order valence-electron chi connectivity index (χ0n) is 33.1. The number of ether oxygens (including phenoxy) is 1. The Morgan fingerprint density at radius 1 is 0.796 bits per heavy atom. The first-order valence-corrected chi connectivity index (χ1v) is 19.8. The van der Waals surface area contributed by atoms with Crippen LogP contribution in [0, 0.1) is 25.0 Å². The third-order valence-corrected chi connectivity index (χ3v) is 11.6. The number of pyridine rings is 1. The average molecular weight is 895 g/mol. The topological polar surface area (TPSA) is 39.4 Å². The van der Waals surface area contributed by atoms with Gasteiger partial charge in [-0.2, -0.15) is 0 Å². The Hall–Kier alpha value is -4.01. The summed E-state index contributed by atoms with van der Waals surface area (Å²) in [5.41, 5.74) is 13.6. The molecule has 4 aromatic carbocycles. The Morgan fingerprint density at radius 2 is 1.54 bits per heavy atom. The minimum absolute atomic E-state index is 0. The summed E-state index contributed by atoms with van der Waals surface area (Å²) in [5.74, 6) is 2.04. The van der Waals surface area contributed by atoms with E-state index in [4.69, 9.17) is 14.7 Å². The van der Waals surface area contributed by atoms with Gasteiger partial charge in [0.15, 0.2) is 0 Å². The number of hydrogen-bond acceptors (Lipinski definition) is 3. The first-order valence-electron chi connectivity index (χ1n) is 19.8. The molecule has 1 aliphatic heterocycles. The third-order valence-electron chi connectivity index (χ3n) is 11.6. The van der Waals surface area contributed by atoms with E-state index in [-0.39, 0.29) is 32.5 Å². The van der Waals surface area contributed by atoms with Crippen molar-refractivity contribution < 1.29 is 25.8 Å². The van der Waals surface area contributed by atoms with E-state index in [1.54, 1.807) is 0 Å². The van der Waals surface area contributed by atoms with Crippen molar-refractivity contribution in [3.63, 3.8) is 0 Å². The quantitative estimate of drug-likeness (QED) is 0.150. The summed E-state index contributed by atoms with van der Waals surface area (Å²) < 4.78 is 8.88. The molecule has 0 amide bonds. The number of rotatable bonds is 7. The fourth-order valence-corrected chi connectivity index (χ4v) is 8.62. The molecule has 0 unspecified atom stereocenters. The summed E-state index contributed by atoms with van der Waals surface area (Å²) in [6.45, 7) is 18.8. The van der Waals surface area contributed by atoms with Crippen molar-refractivity contribution in [3.8, 4) is 28.1 Å². The maximum atomic E-state index is 6.52. The number of aromatic nitrogens is 2. The average Bonchev–Trinajstić information content (AvgIpc) is 3.78. The van der Waals surface area contributed by atoms with E-state index < -0.39 is 0 Å². The van der Waals surface area contributed by atoms with Gasteiger partial charge < -0.3 is 14.3 Å². The molecule has 5 heteroatoms. The smallest absolute Gasteiger partial charge is 0.518 e. The summed E-state index contributed by atoms with van der Waals surface area (Å²) in [4.78, 5) is 10.1. The van der Waals surface area contributed by atoms with E-state index >= 15 is 0 Å². The molecule has 54 heavy (non-hydrogen) atoms. The fourth-order valence-electron chi connectivity index (χ4n) is 8.62. The number of aryl methyl sites for hydroxylation is 1. The molecule has 4 nitrogen and oxygen atoms in total. The molecule has 0 saturated heterocycles. The molecular formula is C49H53N3OPt. The van der Waals surface area contributed by atoms with Crippen molar-refractivity contribution in [2.45, 2.75) is 111 Å². The Bertz CT molecular complexity index is 2330. The second kappa shape index (κ2) is 15.3. The molecule has 1 saturated carbocycles. The Balaban J connectivity index is 0.00000450. The maximum Gasteiger partial charge on any atom is 2.00 e. The first kappa shape index (κ1) is 38.3. The van der Waals surface area contributed by atoms with Gasteiger partial charge in [0.05, 0.1) is 12.6 Å². The van der Waals surface area contributed by atoms with Gasteiger partial charge in [-0.1, -0.05) is 126 Å². The summed E-state index contributed by atoms with van der Waals surface area (Å²) in [6.07, 6.45) is 8.34. The molecule has 6 aromatic rings. The Morgan fingerprint density at radius 3 is 2.24 bits per heavy atom. The minimum Gasteiger partial charge on any atom is -0.518 e. The van der Waals surface area contributed by atoms with Crippen LogP contribution >= 0.6 is 0 Å². The van der Waals surface area contributed by atoms with Crippen LogP contribution < -0.4 is 0 Å². The van der Waals surface area contributed by atoms with Gasteiger partial charge in [0.1, 0.15) is 5.90 Å². The van der Waals surface area contributed by atoms with E-state index in [2.05, 4.69) is 145 Å². The molecule has 3 heterocycles. The normalized spacial score (nSPS) is 16.6. The molecular weight excluding hydrogens is 842 g/mol. The molecule has 2 aromatic heterocycles. The SMILES string of the molecule is Cc1ccc2c(c1)c1ccc(-c3cc(C(C)(C)C)ccn3)[c-]c1n2-c1[c-]c(C2=N[C@H](C3CCCCC3)CO2)cc(-c2c(C(C)C)cccc2C(C)C)c1.[Pt+2]. The van der Waals surface area contributed by atoms with Gasteiger partial charge in [-0.15, -0.1) is 42.0 Å². The molecule has 1 fully saturated rings. The van der Waals surface area contributed by atoms with Crippen molar-refractivity contribution >= 4 is 27.7 Å². The van der Waals surface area contributed by atoms with Crippen molar-refractivity contribution in [2.75, 3.05) is 6.61 Å². The van der Waals surface area contributed by atoms with Crippen LogP contribution in [0.15, 0.2) is 84.0 Å². The summed E-state index contributed by atoms with van der Waals surface area (Å²) in [6, 6.07) is 34.9. The van der Waals surface area contributed by atoms with Crippen molar-refractivity contribution in [3.05, 3.63) is 119 Å². The Kier molecular flexibility index (Phi) is 10.8.